The van der Waals surface area contributed by atoms with Crippen LogP contribution in [0.1, 0.15) is 0 Å². The Bertz CT molecular complexity index is 3610. The lowest BCUT2D eigenvalue weighted by Gasteiger charge is -2.30. The third kappa shape index (κ3) is 5.50. The fourth-order valence-electron chi connectivity index (χ4n) is 9.44. The van der Waals surface area contributed by atoms with E-state index in [1.807, 2.05) is 6.07 Å². The maximum atomic E-state index is 6.52. The van der Waals surface area contributed by atoms with E-state index in [1.54, 1.807) is 0 Å². The molecule has 280 valence electrons. The smallest absolute Gasteiger partial charge is 0.137 e. The fourth-order valence-corrected chi connectivity index (χ4v) is 9.44. The summed E-state index contributed by atoms with van der Waals surface area (Å²) in [5.74, 6) is 0. The minimum absolute atomic E-state index is 0.859. The first-order chi connectivity index (χ1) is 29.8. The zero-order valence-corrected chi connectivity index (χ0v) is 32.7. The molecule has 0 aliphatic rings. The van der Waals surface area contributed by atoms with Gasteiger partial charge in [0.2, 0.25) is 0 Å². The summed E-state index contributed by atoms with van der Waals surface area (Å²) < 4.78 is 6.52. The third-order valence-electron chi connectivity index (χ3n) is 12.3. The molecule has 60 heavy (non-hydrogen) atoms. The van der Waals surface area contributed by atoms with Crippen LogP contribution in [-0.4, -0.2) is 0 Å². The van der Waals surface area contributed by atoms with Gasteiger partial charge in [0.1, 0.15) is 11.2 Å². The number of hydrogen-bond acceptors (Lipinski definition) is 2. The van der Waals surface area contributed by atoms with Gasteiger partial charge in [-0.05, 0) is 102 Å². The number of para-hydroxylation sites is 3. The predicted molar refractivity (Wildman–Crippen MR) is 255 cm³/mol. The standard InChI is InChI=1S/C58H37NO/c1-3-15-44-40(14-1)35-36-49-47(44)20-11-21-48(49)50-18-6-9-23-54(50)59(55-24-12-26-57-58(55)51-19-7-10-25-56(51)60-57)53-22-8-5-17-46(53)41-29-27-38(28-30-41)43-34-33-42-32-31-39-13-2-4-16-45(39)52(42)37-43/h1-37H. The van der Waals surface area contributed by atoms with Crippen molar-refractivity contribution in [3.05, 3.63) is 224 Å². The molecule has 0 spiro atoms. The average molecular weight is 764 g/mol. The molecule has 0 N–H and O–H groups in total. The van der Waals surface area contributed by atoms with Crippen LogP contribution in [0.2, 0.25) is 0 Å². The van der Waals surface area contributed by atoms with E-state index in [2.05, 4.69) is 223 Å². The van der Waals surface area contributed by atoms with Crippen molar-refractivity contribution in [3.63, 3.8) is 0 Å². The molecule has 11 aromatic carbocycles. The van der Waals surface area contributed by atoms with Gasteiger partial charge in [-0.25, -0.2) is 0 Å². The van der Waals surface area contributed by atoms with E-state index in [4.69, 9.17) is 4.42 Å². The lowest BCUT2D eigenvalue weighted by atomic mass is 9.92. The molecule has 0 saturated heterocycles. The largest absolute Gasteiger partial charge is 0.456 e. The Balaban J connectivity index is 1.06. The van der Waals surface area contributed by atoms with Gasteiger partial charge in [0.25, 0.3) is 0 Å². The van der Waals surface area contributed by atoms with Crippen molar-refractivity contribution in [2.45, 2.75) is 0 Å². The molecule has 12 rings (SSSR count). The monoisotopic (exact) mass is 763 g/mol. The molecule has 0 saturated carbocycles. The Morgan fingerprint density at radius 3 is 1.57 bits per heavy atom. The second-order valence-corrected chi connectivity index (χ2v) is 15.6. The summed E-state index contributed by atoms with van der Waals surface area (Å²) in [7, 11) is 0. The molecule has 2 nitrogen and oxygen atoms in total. The van der Waals surface area contributed by atoms with Crippen molar-refractivity contribution in [1.82, 2.24) is 0 Å². The van der Waals surface area contributed by atoms with Crippen LogP contribution >= 0.6 is 0 Å². The number of anilines is 3. The Hall–Kier alpha value is -7.94. The number of benzene rings is 11. The number of fused-ring (bicyclic) bond motifs is 9. The third-order valence-corrected chi connectivity index (χ3v) is 12.3. The van der Waals surface area contributed by atoms with Crippen LogP contribution in [0.25, 0.3) is 98.4 Å². The number of rotatable bonds is 6. The second-order valence-electron chi connectivity index (χ2n) is 15.6. The molecular formula is C58H37NO. The van der Waals surface area contributed by atoms with E-state index in [-0.39, 0.29) is 0 Å². The van der Waals surface area contributed by atoms with E-state index in [1.165, 1.54) is 59.8 Å². The van der Waals surface area contributed by atoms with Gasteiger partial charge in [-0.15, -0.1) is 0 Å². The van der Waals surface area contributed by atoms with Crippen LogP contribution in [0.15, 0.2) is 229 Å². The van der Waals surface area contributed by atoms with E-state index in [9.17, 15) is 0 Å². The van der Waals surface area contributed by atoms with Gasteiger partial charge >= 0.3 is 0 Å². The van der Waals surface area contributed by atoms with E-state index < -0.39 is 0 Å². The molecule has 0 unspecified atom stereocenters. The molecule has 0 radical (unpaired) electrons. The number of hydrogen-bond donors (Lipinski definition) is 0. The van der Waals surface area contributed by atoms with Crippen molar-refractivity contribution < 1.29 is 4.42 Å². The number of nitrogens with zero attached hydrogens (tertiary/aromatic N) is 1. The lowest BCUT2D eigenvalue weighted by Crippen LogP contribution is -2.13. The van der Waals surface area contributed by atoms with Crippen molar-refractivity contribution in [2.24, 2.45) is 0 Å². The first-order valence-corrected chi connectivity index (χ1v) is 20.6. The maximum absolute atomic E-state index is 6.52. The van der Waals surface area contributed by atoms with Crippen LogP contribution < -0.4 is 4.90 Å². The molecule has 12 aromatic rings. The SMILES string of the molecule is c1ccc(N(c2ccccc2-c2cccc3c2ccc2ccccc23)c2cccc3oc4ccccc4c23)c(-c2ccc(-c3ccc4ccc5ccccc5c4c3)cc2)c1. The molecule has 0 bridgehead atoms. The molecule has 0 aliphatic carbocycles. The van der Waals surface area contributed by atoms with Crippen LogP contribution in [0.3, 0.4) is 0 Å². The van der Waals surface area contributed by atoms with Crippen molar-refractivity contribution >= 4 is 82.1 Å². The quantitative estimate of drug-likeness (QED) is 0.157. The van der Waals surface area contributed by atoms with E-state index in [0.29, 0.717) is 0 Å². The van der Waals surface area contributed by atoms with Crippen molar-refractivity contribution in [2.75, 3.05) is 4.90 Å². The van der Waals surface area contributed by atoms with Gasteiger partial charge in [0.15, 0.2) is 0 Å². The fraction of sp³-hybridized carbons (Fsp3) is 0. The van der Waals surface area contributed by atoms with Gasteiger partial charge in [0, 0.05) is 16.5 Å². The highest BCUT2D eigenvalue weighted by Crippen LogP contribution is 2.49. The van der Waals surface area contributed by atoms with E-state index in [0.717, 1.165) is 55.7 Å². The zero-order valence-electron chi connectivity index (χ0n) is 32.7. The highest BCUT2D eigenvalue weighted by Gasteiger charge is 2.24. The zero-order chi connectivity index (χ0) is 39.6. The van der Waals surface area contributed by atoms with Crippen LogP contribution in [0, 0.1) is 0 Å². The summed E-state index contributed by atoms with van der Waals surface area (Å²) in [5, 5.41) is 12.2. The summed E-state index contributed by atoms with van der Waals surface area (Å²) >= 11 is 0. The number of furan rings is 1. The first kappa shape index (κ1) is 34.1. The van der Waals surface area contributed by atoms with Gasteiger partial charge in [-0.2, -0.15) is 0 Å². The lowest BCUT2D eigenvalue weighted by molar-refractivity contribution is 0.669. The molecule has 2 heteroatoms. The summed E-state index contributed by atoms with van der Waals surface area (Å²) in [6, 6.07) is 81.4. The first-order valence-electron chi connectivity index (χ1n) is 20.6. The Labute approximate surface area is 347 Å². The van der Waals surface area contributed by atoms with Gasteiger partial charge < -0.3 is 9.32 Å². The highest BCUT2D eigenvalue weighted by molar-refractivity contribution is 6.16. The maximum Gasteiger partial charge on any atom is 0.137 e. The Morgan fingerprint density at radius 1 is 0.267 bits per heavy atom. The van der Waals surface area contributed by atoms with Crippen LogP contribution in [0.4, 0.5) is 17.1 Å². The molecule has 0 fully saturated rings. The van der Waals surface area contributed by atoms with Gasteiger partial charge in [0.05, 0.1) is 22.4 Å². The predicted octanol–water partition coefficient (Wildman–Crippen LogP) is 16.7. The average Bonchev–Trinajstić information content (AvgIpc) is 3.71. The van der Waals surface area contributed by atoms with Crippen LogP contribution in [-0.2, 0) is 0 Å². The van der Waals surface area contributed by atoms with E-state index >= 15 is 0 Å². The molecule has 0 amide bonds. The summed E-state index contributed by atoms with van der Waals surface area (Å²) in [6.07, 6.45) is 0. The van der Waals surface area contributed by atoms with Crippen molar-refractivity contribution in [3.8, 4) is 33.4 Å². The molecule has 1 aromatic heterocycles. The van der Waals surface area contributed by atoms with Gasteiger partial charge in [-0.3, -0.25) is 0 Å². The Morgan fingerprint density at radius 2 is 0.767 bits per heavy atom. The summed E-state index contributed by atoms with van der Waals surface area (Å²) in [4.78, 5) is 2.46. The Kier molecular flexibility index (Phi) is 7.89. The minimum Gasteiger partial charge on any atom is -0.456 e. The second kappa shape index (κ2) is 13.9. The normalized spacial score (nSPS) is 11.7. The van der Waals surface area contributed by atoms with Crippen LogP contribution in [0.5, 0.6) is 0 Å². The molecule has 1 heterocycles. The summed E-state index contributed by atoms with van der Waals surface area (Å²) in [6.45, 7) is 0. The molecule has 0 atom stereocenters. The molecule has 0 aliphatic heterocycles. The van der Waals surface area contributed by atoms with Crippen molar-refractivity contribution in [1.29, 1.82) is 0 Å². The summed E-state index contributed by atoms with van der Waals surface area (Å²) in [5.41, 5.74) is 12.0. The van der Waals surface area contributed by atoms with Gasteiger partial charge in [-0.1, -0.05) is 188 Å². The highest BCUT2D eigenvalue weighted by atomic mass is 16.3. The topological polar surface area (TPSA) is 16.4 Å². The molecular weight excluding hydrogens is 727 g/mol. The minimum atomic E-state index is 0.859.